The smallest absolute Gasteiger partial charge is 0.321 e. The van der Waals surface area contributed by atoms with Crippen LogP contribution in [0.4, 0.5) is 14.3 Å². The Kier molecular flexibility index (Phi) is 5.24. The molecule has 0 fully saturated rings. The highest BCUT2D eigenvalue weighted by molar-refractivity contribution is 7.13. The Morgan fingerprint density at radius 3 is 2.90 bits per heavy atom. The van der Waals surface area contributed by atoms with Crippen LogP contribution in [-0.4, -0.2) is 36.6 Å². The Bertz CT molecular complexity index is 588. The van der Waals surface area contributed by atoms with E-state index >= 15 is 0 Å². The van der Waals surface area contributed by atoms with E-state index < -0.39 is 0 Å². The molecule has 2 aromatic rings. The number of carbonyl (C=O) groups excluding carboxylic acids is 1. The number of rotatable bonds is 5. The van der Waals surface area contributed by atoms with Crippen LogP contribution >= 0.6 is 11.3 Å². The summed E-state index contributed by atoms with van der Waals surface area (Å²) in [6.07, 6.45) is 1.62. The molecule has 0 spiro atoms. The Morgan fingerprint density at radius 2 is 2.29 bits per heavy atom. The maximum atomic E-state index is 13.3. The maximum Gasteiger partial charge on any atom is 0.321 e. The molecular formula is C14H17FN4OS. The molecule has 5 nitrogen and oxygen atoms in total. The predicted octanol–water partition coefficient (Wildman–Crippen LogP) is 2.71. The zero-order valence-electron chi connectivity index (χ0n) is 11.8. The Hall–Kier alpha value is -1.99. The lowest BCUT2D eigenvalue weighted by Gasteiger charge is -2.25. The maximum absolute atomic E-state index is 13.3. The Morgan fingerprint density at radius 1 is 1.48 bits per heavy atom. The van der Waals surface area contributed by atoms with Crippen LogP contribution in [0.2, 0.25) is 0 Å². The fraction of sp³-hybridized carbons (Fsp3) is 0.286. The minimum absolute atomic E-state index is 0.109. The lowest BCUT2D eigenvalue weighted by molar-refractivity contribution is 0.243. The van der Waals surface area contributed by atoms with Gasteiger partial charge < -0.3 is 10.2 Å². The molecule has 1 atom stereocenters. The molecule has 0 saturated heterocycles. The summed E-state index contributed by atoms with van der Waals surface area (Å²) in [6, 6.07) is 5.95. The lowest BCUT2D eigenvalue weighted by atomic mass is 10.1. The molecule has 0 radical (unpaired) electrons. The van der Waals surface area contributed by atoms with Gasteiger partial charge in [-0.3, -0.25) is 5.32 Å². The normalized spacial score (nSPS) is 12.2. The van der Waals surface area contributed by atoms with Gasteiger partial charge in [0.05, 0.1) is 6.04 Å². The number of anilines is 1. The van der Waals surface area contributed by atoms with Crippen molar-refractivity contribution in [1.82, 2.24) is 15.2 Å². The van der Waals surface area contributed by atoms with Gasteiger partial charge in [-0.25, -0.2) is 14.2 Å². The van der Waals surface area contributed by atoms with Gasteiger partial charge in [-0.1, -0.05) is 12.1 Å². The van der Waals surface area contributed by atoms with Gasteiger partial charge in [0.2, 0.25) is 0 Å². The summed E-state index contributed by atoms with van der Waals surface area (Å²) < 4.78 is 13.3. The molecule has 0 aliphatic carbocycles. The number of nitrogens with one attached hydrogen (secondary N) is 2. The SMILES string of the molecule is CN(C)C(CNC(=O)Nc1nccs1)c1cccc(F)c1. The molecule has 1 aromatic carbocycles. The van der Waals surface area contributed by atoms with E-state index in [1.54, 1.807) is 17.6 Å². The first-order valence-corrected chi connectivity index (χ1v) is 7.30. The molecule has 2 amide bonds. The summed E-state index contributed by atoms with van der Waals surface area (Å²) in [5.41, 5.74) is 0.814. The van der Waals surface area contributed by atoms with Crippen molar-refractivity contribution < 1.29 is 9.18 Å². The summed E-state index contributed by atoms with van der Waals surface area (Å²) in [6.45, 7) is 0.369. The van der Waals surface area contributed by atoms with E-state index in [2.05, 4.69) is 15.6 Å². The average molecular weight is 308 g/mol. The van der Waals surface area contributed by atoms with Crippen LogP contribution in [0.3, 0.4) is 0 Å². The van der Waals surface area contributed by atoms with Crippen molar-refractivity contribution in [2.45, 2.75) is 6.04 Å². The number of halogens is 1. The standard InChI is InChI=1S/C14H17FN4OS/c1-19(2)12(10-4-3-5-11(15)8-10)9-17-13(20)18-14-16-6-7-21-14/h3-8,12H,9H2,1-2H3,(H2,16,17,18,20). The monoisotopic (exact) mass is 308 g/mol. The number of thiazole rings is 1. The molecule has 0 bridgehead atoms. The fourth-order valence-electron chi connectivity index (χ4n) is 1.93. The van der Waals surface area contributed by atoms with E-state index in [4.69, 9.17) is 0 Å². The summed E-state index contributed by atoms with van der Waals surface area (Å²) in [7, 11) is 3.77. The van der Waals surface area contributed by atoms with Crippen molar-refractivity contribution in [2.75, 3.05) is 26.0 Å². The number of carbonyl (C=O) groups is 1. The molecule has 0 saturated carbocycles. The van der Waals surface area contributed by atoms with Crippen LogP contribution < -0.4 is 10.6 Å². The molecule has 2 rings (SSSR count). The van der Waals surface area contributed by atoms with Crippen molar-refractivity contribution in [3.8, 4) is 0 Å². The third-order valence-corrected chi connectivity index (χ3v) is 3.65. The number of aromatic nitrogens is 1. The zero-order valence-corrected chi connectivity index (χ0v) is 12.7. The molecule has 1 heterocycles. The van der Waals surface area contributed by atoms with Crippen molar-refractivity contribution in [3.05, 3.63) is 47.2 Å². The second kappa shape index (κ2) is 7.14. The number of likely N-dealkylation sites (N-methyl/N-ethyl adjacent to an activating group) is 1. The van der Waals surface area contributed by atoms with E-state index in [-0.39, 0.29) is 17.9 Å². The van der Waals surface area contributed by atoms with Gasteiger partial charge in [0.25, 0.3) is 0 Å². The van der Waals surface area contributed by atoms with Crippen LogP contribution in [0.1, 0.15) is 11.6 Å². The summed E-state index contributed by atoms with van der Waals surface area (Å²) in [4.78, 5) is 17.7. The van der Waals surface area contributed by atoms with Gasteiger partial charge in [-0.05, 0) is 31.8 Å². The molecule has 0 aliphatic heterocycles. The van der Waals surface area contributed by atoms with Gasteiger partial charge in [-0.2, -0.15) is 0 Å². The first kappa shape index (κ1) is 15.4. The molecule has 21 heavy (non-hydrogen) atoms. The molecule has 0 aliphatic rings. The highest BCUT2D eigenvalue weighted by atomic mass is 32.1. The van der Waals surface area contributed by atoms with Gasteiger partial charge >= 0.3 is 6.03 Å². The minimum Gasteiger partial charge on any atom is -0.336 e. The zero-order chi connectivity index (χ0) is 15.2. The van der Waals surface area contributed by atoms with Crippen molar-refractivity contribution in [2.24, 2.45) is 0 Å². The molecular weight excluding hydrogens is 291 g/mol. The van der Waals surface area contributed by atoms with Crippen LogP contribution in [-0.2, 0) is 0 Å². The first-order valence-electron chi connectivity index (χ1n) is 6.42. The van der Waals surface area contributed by atoms with E-state index in [0.29, 0.717) is 11.7 Å². The number of amides is 2. The third kappa shape index (κ3) is 4.51. The fourth-order valence-corrected chi connectivity index (χ4v) is 2.45. The number of hydrogen-bond donors (Lipinski definition) is 2. The number of nitrogens with zero attached hydrogens (tertiary/aromatic N) is 2. The third-order valence-electron chi connectivity index (χ3n) is 2.97. The number of hydrogen-bond acceptors (Lipinski definition) is 4. The summed E-state index contributed by atoms with van der Waals surface area (Å²) in [5, 5.41) is 7.74. The second-order valence-electron chi connectivity index (χ2n) is 4.71. The lowest BCUT2D eigenvalue weighted by Crippen LogP contribution is -2.36. The summed E-state index contributed by atoms with van der Waals surface area (Å²) in [5.74, 6) is -0.286. The van der Waals surface area contributed by atoms with Crippen molar-refractivity contribution in [3.63, 3.8) is 0 Å². The molecule has 1 unspecified atom stereocenters. The minimum atomic E-state index is -0.326. The number of benzene rings is 1. The van der Waals surface area contributed by atoms with Crippen molar-refractivity contribution in [1.29, 1.82) is 0 Å². The topological polar surface area (TPSA) is 57.3 Å². The highest BCUT2D eigenvalue weighted by Crippen LogP contribution is 2.18. The first-order chi connectivity index (χ1) is 10.1. The van der Waals surface area contributed by atoms with Gasteiger partial charge in [0.15, 0.2) is 5.13 Å². The Labute approximate surface area is 126 Å². The van der Waals surface area contributed by atoms with Crippen LogP contribution in [0.15, 0.2) is 35.8 Å². The van der Waals surface area contributed by atoms with E-state index in [0.717, 1.165) is 5.56 Å². The Balaban J connectivity index is 1.96. The molecule has 2 N–H and O–H groups in total. The van der Waals surface area contributed by atoms with Crippen LogP contribution in [0.25, 0.3) is 0 Å². The molecule has 112 valence electrons. The predicted molar refractivity (Wildman–Crippen MR) is 82.0 cm³/mol. The average Bonchev–Trinajstić information content (AvgIpc) is 2.91. The largest absolute Gasteiger partial charge is 0.336 e. The van der Waals surface area contributed by atoms with E-state index in [1.165, 1.54) is 23.5 Å². The van der Waals surface area contributed by atoms with Crippen LogP contribution in [0.5, 0.6) is 0 Å². The van der Waals surface area contributed by atoms with Gasteiger partial charge in [0, 0.05) is 18.1 Å². The number of urea groups is 1. The summed E-state index contributed by atoms with van der Waals surface area (Å²) >= 11 is 1.35. The van der Waals surface area contributed by atoms with Gasteiger partial charge in [0.1, 0.15) is 5.82 Å². The van der Waals surface area contributed by atoms with Crippen LogP contribution in [0, 0.1) is 5.82 Å². The van der Waals surface area contributed by atoms with Gasteiger partial charge in [-0.15, -0.1) is 11.3 Å². The quantitative estimate of drug-likeness (QED) is 0.893. The molecule has 1 aromatic heterocycles. The van der Waals surface area contributed by atoms with E-state index in [9.17, 15) is 9.18 Å². The highest BCUT2D eigenvalue weighted by Gasteiger charge is 2.16. The molecule has 7 heteroatoms. The second-order valence-corrected chi connectivity index (χ2v) is 5.60. The van der Waals surface area contributed by atoms with E-state index in [1.807, 2.05) is 25.1 Å². The van der Waals surface area contributed by atoms with Crippen molar-refractivity contribution >= 4 is 22.5 Å².